The quantitative estimate of drug-likeness (QED) is 0.659. The molecule has 28 heavy (non-hydrogen) atoms. The third-order valence-corrected chi connectivity index (χ3v) is 3.71. The molecule has 3 N–H and O–H groups in total. The standard InChI is InChI=1S/C20H22FN3O4/c1-12-8-13(2)10-15(9-12)20(27)22-11-18(25)23-24-19(26)14(3)28-17-6-4-16(21)5-7-17/h4-10,14H,11H2,1-3H3,(H,22,27)(H,23,25)(H,24,26). The molecule has 148 valence electrons. The van der Waals surface area contributed by atoms with Crippen LogP contribution in [0, 0.1) is 19.7 Å². The van der Waals surface area contributed by atoms with E-state index in [1.165, 1.54) is 31.2 Å². The molecule has 7 nitrogen and oxygen atoms in total. The van der Waals surface area contributed by atoms with Crippen molar-refractivity contribution >= 4 is 17.7 Å². The Morgan fingerprint density at radius 3 is 2.21 bits per heavy atom. The van der Waals surface area contributed by atoms with Gasteiger partial charge in [-0.25, -0.2) is 4.39 Å². The van der Waals surface area contributed by atoms with Gasteiger partial charge in [-0.2, -0.15) is 0 Å². The molecule has 3 amide bonds. The highest BCUT2D eigenvalue weighted by Gasteiger charge is 2.16. The third-order valence-electron chi connectivity index (χ3n) is 3.71. The van der Waals surface area contributed by atoms with Crippen LogP contribution in [-0.4, -0.2) is 30.4 Å². The van der Waals surface area contributed by atoms with Crippen molar-refractivity contribution in [2.75, 3.05) is 6.54 Å². The van der Waals surface area contributed by atoms with E-state index in [2.05, 4.69) is 16.2 Å². The molecule has 0 spiro atoms. The molecule has 0 aliphatic carbocycles. The Bertz CT molecular complexity index is 848. The van der Waals surface area contributed by atoms with E-state index in [4.69, 9.17) is 4.74 Å². The number of amides is 3. The highest BCUT2D eigenvalue weighted by molar-refractivity contribution is 5.97. The van der Waals surface area contributed by atoms with Gasteiger partial charge in [-0.3, -0.25) is 25.2 Å². The number of rotatable bonds is 6. The lowest BCUT2D eigenvalue weighted by Gasteiger charge is -2.15. The zero-order valence-corrected chi connectivity index (χ0v) is 15.8. The summed E-state index contributed by atoms with van der Waals surface area (Å²) < 4.78 is 18.2. The molecule has 0 bridgehead atoms. The largest absolute Gasteiger partial charge is 0.481 e. The molecule has 0 aliphatic heterocycles. The molecular formula is C20H22FN3O4. The highest BCUT2D eigenvalue weighted by atomic mass is 19.1. The summed E-state index contributed by atoms with van der Waals surface area (Å²) in [5, 5.41) is 2.48. The first-order valence-electron chi connectivity index (χ1n) is 8.62. The topological polar surface area (TPSA) is 96.5 Å². The van der Waals surface area contributed by atoms with Crippen molar-refractivity contribution in [2.45, 2.75) is 26.9 Å². The van der Waals surface area contributed by atoms with Gasteiger partial charge in [-0.15, -0.1) is 0 Å². The maximum atomic E-state index is 12.9. The fourth-order valence-corrected chi connectivity index (χ4v) is 2.42. The highest BCUT2D eigenvalue weighted by Crippen LogP contribution is 2.13. The van der Waals surface area contributed by atoms with E-state index in [0.717, 1.165) is 11.1 Å². The van der Waals surface area contributed by atoms with Crippen molar-refractivity contribution < 1.29 is 23.5 Å². The van der Waals surface area contributed by atoms with Crippen LogP contribution in [-0.2, 0) is 9.59 Å². The predicted octanol–water partition coefficient (Wildman–Crippen LogP) is 1.79. The van der Waals surface area contributed by atoms with Gasteiger partial charge in [0.15, 0.2) is 6.10 Å². The first-order valence-corrected chi connectivity index (χ1v) is 8.62. The Morgan fingerprint density at radius 2 is 1.61 bits per heavy atom. The Hall–Kier alpha value is -3.42. The summed E-state index contributed by atoms with van der Waals surface area (Å²) in [6.45, 7) is 4.92. The second-order valence-electron chi connectivity index (χ2n) is 6.31. The predicted molar refractivity (Wildman–Crippen MR) is 101 cm³/mol. The van der Waals surface area contributed by atoms with Gasteiger partial charge in [-0.1, -0.05) is 17.2 Å². The Balaban J connectivity index is 1.75. The van der Waals surface area contributed by atoms with E-state index in [1.54, 1.807) is 12.1 Å². The average Bonchev–Trinajstić information content (AvgIpc) is 2.65. The van der Waals surface area contributed by atoms with Gasteiger partial charge in [-0.05, 0) is 57.2 Å². The molecule has 1 unspecified atom stereocenters. The molecule has 1 atom stereocenters. The van der Waals surface area contributed by atoms with Crippen LogP contribution in [0.1, 0.15) is 28.4 Å². The lowest BCUT2D eigenvalue weighted by Crippen LogP contribution is -2.50. The number of hydrazine groups is 1. The monoisotopic (exact) mass is 387 g/mol. The fourth-order valence-electron chi connectivity index (χ4n) is 2.42. The van der Waals surface area contributed by atoms with Crippen molar-refractivity contribution in [3.8, 4) is 5.75 Å². The van der Waals surface area contributed by atoms with E-state index >= 15 is 0 Å². The second-order valence-corrected chi connectivity index (χ2v) is 6.31. The fraction of sp³-hybridized carbons (Fsp3) is 0.250. The molecule has 0 saturated heterocycles. The summed E-state index contributed by atoms with van der Waals surface area (Å²) in [6.07, 6.45) is -0.921. The van der Waals surface area contributed by atoms with Crippen molar-refractivity contribution in [1.29, 1.82) is 0 Å². The molecule has 0 aromatic heterocycles. The van der Waals surface area contributed by atoms with Crippen molar-refractivity contribution in [3.63, 3.8) is 0 Å². The smallest absolute Gasteiger partial charge is 0.279 e. The van der Waals surface area contributed by atoms with Gasteiger partial charge in [0.1, 0.15) is 11.6 Å². The Morgan fingerprint density at radius 1 is 1.00 bits per heavy atom. The number of hydrogen-bond donors (Lipinski definition) is 3. The summed E-state index contributed by atoms with van der Waals surface area (Å²) >= 11 is 0. The number of carbonyl (C=O) groups excluding carboxylic acids is 3. The van der Waals surface area contributed by atoms with Gasteiger partial charge in [0, 0.05) is 5.56 Å². The van der Waals surface area contributed by atoms with Crippen LogP contribution in [0.4, 0.5) is 4.39 Å². The zero-order chi connectivity index (χ0) is 20.7. The molecule has 0 aliphatic rings. The van der Waals surface area contributed by atoms with Crippen LogP contribution >= 0.6 is 0 Å². The van der Waals surface area contributed by atoms with Gasteiger partial charge in [0.05, 0.1) is 6.54 Å². The summed E-state index contributed by atoms with van der Waals surface area (Å²) in [6, 6.07) is 10.6. The zero-order valence-electron chi connectivity index (χ0n) is 15.8. The summed E-state index contributed by atoms with van der Waals surface area (Å²) in [5.74, 6) is -1.68. The van der Waals surface area contributed by atoms with Crippen LogP contribution in [0.3, 0.4) is 0 Å². The van der Waals surface area contributed by atoms with Crippen LogP contribution in [0.5, 0.6) is 5.75 Å². The molecule has 2 rings (SSSR count). The molecule has 2 aromatic carbocycles. The SMILES string of the molecule is Cc1cc(C)cc(C(=O)NCC(=O)NNC(=O)C(C)Oc2ccc(F)cc2)c1. The molecule has 0 radical (unpaired) electrons. The molecular weight excluding hydrogens is 365 g/mol. The minimum absolute atomic E-state index is 0.306. The Kier molecular flexibility index (Phi) is 7.08. The first-order chi connectivity index (χ1) is 13.2. The maximum Gasteiger partial charge on any atom is 0.279 e. The second kappa shape index (κ2) is 9.50. The van der Waals surface area contributed by atoms with Crippen molar-refractivity contribution in [1.82, 2.24) is 16.2 Å². The van der Waals surface area contributed by atoms with Gasteiger partial charge in [0.2, 0.25) is 0 Å². The van der Waals surface area contributed by atoms with Crippen molar-refractivity contribution in [2.24, 2.45) is 0 Å². The van der Waals surface area contributed by atoms with E-state index in [9.17, 15) is 18.8 Å². The van der Waals surface area contributed by atoms with Crippen LogP contribution < -0.4 is 20.9 Å². The van der Waals surface area contributed by atoms with Gasteiger partial charge < -0.3 is 10.1 Å². The molecule has 2 aromatic rings. The number of hydrogen-bond acceptors (Lipinski definition) is 4. The van der Waals surface area contributed by atoms with Gasteiger partial charge >= 0.3 is 0 Å². The van der Waals surface area contributed by atoms with Crippen LogP contribution in [0.2, 0.25) is 0 Å². The number of carbonyl (C=O) groups is 3. The van der Waals surface area contributed by atoms with E-state index in [0.29, 0.717) is 11.3 Å². The average molecular weight is 387 g/mol. The van der Waals surface area contributed by atoms with Crippen molar-refractivity contribution in [3.05, 3.63) is 65.0 Å². The minimum atomic E-state index is -0.921. The lowest BCUT2D eigenvalue weighted by molar-refractivity contribution is -0.132. The molecule has 0 heterocycles. The van der Waals surface area contributed by atoms with Crippen LogP contribution in [0.25, 0.3) is 0 Å². The minimum Gasteiger partial charge on any atom is -0.481 e. The number of ether oxygens (including phenoxy) is 1. The number of nitrogens with one attached hydrogen (secondary N) is 3. The normalized spacial score (nSPS) is 11.3. The van der Waals surface area contributed by atoms with Crippen LogP contribution in [0.15, 0.2) is 42.5 Å². The number of aryl methyl sites for hydroxylation is 2. The molecule has 8 heteroatoms. The van der Waals surface area contributed by atoms with E-state index < -0.39 is 23.7 Å². The molecule has 0 fully saturated rings. The van der Waals surface area contributed by atoms with E-state index in [-0.39, 0.29) is 12.5 Å². The van der Waals surface area contributed by atoms with Gasteiger partial charge in [0.25, 0.3) is 17.7 Å². The molecule has 0 saturated carbocycles. The number of benzene rings is 2. The summed E-state index contributed by atoms with van der Waals surface area (Å²) in [4.78, 5) is 35.9. The summed E-state index contributed by atoms with van der Waals surface area (Å²) in [7, 11) is 0. The lowest BCUT2D eigenvalue weighted by atomic mass is 10.1. The maximum absolute atomic E-state index is 12.9. The Labute approximate surface area is 162 Å². The third kappa shape index (κ3) is 6.39. The first kappa shape index (κ1) is 20.9. The number of halogens is 1. The van der Waals surface area contributed by atoms with E-state index in [1.807, 2.05) is 19.9 Å². The summed E-state index contributed by atoms with van der Waals surface area (Å²) in [5.41, 5.74) is 6.74.